The topological polar surface area (TPSA) is 61.0 Å². The van der Waals surface area contributed by atoms with Gasteiger partial charge in [-0.25, -0.2) is 4.98 Å². The molecule has 1 aromatic rings. The minimum atomic E-state index is 0.277. The maximum Gasteiger partial charge on any atom is 0.216 e. The van der Waals surface area contributed by atoms with Crippen LogP contribution < -0.4 is 10.5 Å². The van der Waals surface area contributed by atoms with Crippen LogP contribution in [0.2, 0.25) is 0 Å². The number of unbranched alkanes of at least 4 members (excludes halogenated alkanes) is 1. The molecular formula is C14H23N3O. The molecule has 1 heterocycles. The van der Waals surface area contributed by atoms with Gasteiger partial charge in [-0.3, -0.25) is 0 Å². The van der Waals surface area contributed by atoms with Gasteiger partial charge in [-0.1, -0.05) is 13.3 Å². The average Bonchev–Trinajstić information content (AvgIpc) is 2.40. The second-order valence-electron chi connectivity index (χ2n) is 5.07. The van der Waals surface area contributed by atoms with Crippen LogP contribution in [0.25, 0.3) is 0 Å². The van der Waals surface area contributed by atoms with E-state index in [2.05, 4.69) is 16.9 Å². The molecule has 1 aromatic heterocycles. The van der Waals surface area contributed by atoms with E-state index in [4.69, 9.17) is 10.5 Å². The Morgan fingerprint density at radius 2 is 2.11 bits per heavy atom. The highest BCUT2D eigenvalue weighted by Gasteiger charge is 2.20. The molecule has 0 bridgehead atoms. The summed E-state index contributed by atoms with van der Waals surface area (Å²) in [6.45, 7) is 2.17. The smallest absolute Gasteiger partial charge is 0.216 e. The molecule has 0 unspecified atom stereocenters. The van der Waals surface area contributed by atoms with Gasteiger partial charge >= 0.3 is 0 Å². The normalized spacial score (nSPS) is 23.9. The van der Waals surface area contributed by atoms with Crippen LogP contribution in [-0.2, 0) is 6.42 Å². The lowest BCUT2D eigenvalue weighted by atomic mass is 9.94. The van der Waals surface area contributed by atoms with E-state index in [0.717, 1.165) is 56.7 Å². The Bertz CT molecular complexity index is 362. The number of nitrogens with two attached hydrogens (primary N) is 1. The van der Waals surface area contributed by atoms with Crippen LogP contribution in [0.3, 0.4) is 0 Å². The minimum absolute atomic E-state index is 0.277. The summed E-state index contributed by atoms with van der Waals surface area (Å²) in [5.74, 6) is 1.61. The van der Waals surface area contributed by atoms with Gasteiger partial charge in [0.2, 0.25) is 5.88 Å². The quantitative estimate of drug-likeness (QED) is 0.870. The largest absolute Gasteiger partial charge is 0.474 e. The molecule has 0 amide bonds. The highest BCUT2D eigenvalue weighted by Crippen LogP contribution is 2.21. The van der Waals surface area contributed by atoms with Gasteiger partial charge in [0.1, 0.15) is 11.9 Å². The number of nitrogens with zero attached hydrogens (tertiary/aromatic N) is 2. The molecule has 18 heavy (non-hydrogen) atoms. The summed E-state index contributed by atoms with van der Waals surface area (Å²) in [6, 6.07) is 2.21. The third-order valence-electron chi connectivity index (χ3n) is 3.44. The predicted octanol–water partition coefficient (Wildman–Crippen LogP) is 2.47. The Hall–Kier alpha value is -1.16. The van der Waals surface area contributed by atoms with Crippen molar-refractivity contribution in [3.8, 4) is 5.88 Å². The van der Waals surface area contributed by atoms with Gasteiger partial charge in [0, 0.05) is 24.7 Å². The van der Waals surface area contributed by atoms with Crippen molar-refractivity contribution in [2.24, 2.45) is 5.73 Å². The van der Waals surface area contributed by atoms with Gasteiger partial charge in [-0.15, -0.1) is 0 Å². The Morgan fingerprint density at radius 1 is 1.33 bits per heavy atom. The number of aryl methyl sites for hydroxylation is 1. The van der Waals surface area contributed by atoms with Crippen molar-refractivity contribution in [3.63, 3.8) is 0 Å². The molecule has 4 heteroatoms. The molecule has 100 valence electrons. The second-order valence-corrected chi connectivity index (χ2v) is 5.07. The summed E-state index contributed by atoms with van der Waals surface area (Å²) in [5.41, 5.74) is 5.89. The zero-order chi connectivity index (χ0) is 12.8. The molecule has 0 saturated heterocycles. The molecule has 1 fully saturated rings. The molecule has 0 spiro atoms. The van der Waals surface area contributed by atoms with E-state index in [1.807, 2.05) is 6.07 Å². The summed E-state index contributed by atoms with van der Waals surface area (Å²) in [4.78, 5) is 8.73. The number of rotatable bonds is 5. The summed E-state index contributed by atoms with van der Waals surface area (Å²) < 4.78 is 5.92. The van der Waals surface area contributed by atoms with Crippen molar-refractivity contribution < 1.29 is 4.74 Å². The van der Waals surface area contributed by atoms with E-state index >= 15 is 0 Å². The predicted molar refractivity (Wildman–Crippen MR) is 71.5 cm³/mol. The lowest BCUT2D eigenvalue weighted by Gasteiger charge is -2.26. The molecule has 2 rings (SSSR count). The van der Waals surface area contributed by atoms with Gasteiger partial charge < -0.3 is 10.5 Å². The molecular weight excluding hydrogens is 226 g/mol. The van der Waals surface area contributed by atoms with Crippen LogP contribution in [0.5, 0.6) is 5.88 Å². The zero-order valence-corrected chi connectivity index (χ0v) is 11.1. The first kappa shape index (κ1) is 13.3. The molecule has 1 aliphatic carbocycles. The first-order chi connectivity index (χ1) is 8.78. The third kappa shape index (κ3) is 3.95. The lowest BCUT2D eigenvalue weighted by Crippen LogP contribution is -2.31. The van der Waals surface area contributed by atoms with E-state index in [0.29, 0.717) is 6.04 Å². The maximum atomic E-state index is 5.92. The SMILES string of the molecule is CCCCc1nccc(OC2CCC(N)CC2)n1. The van der Waals surface area contributed by atoms with Crippen molar-refractivity contribution in [1.29, 1.82) is 0 Å². The summed E-state index contributed by atoms with van der Waals surface area (Å²) in [6.07, 6.45) is 9.47. The third-order valence-corrected chi connectivity index (χ3v) is 3.44. The average molecular weight is 249 g/mol. The lowest BCUT2D eigenvalue weighted by molar-refractivity contribution is 0.140. The van der Waals surface area contributed by atoms with E-state index in [-0.39, 0.29) is 6.10 Å². The zero-order valence-electron chi connectivity index (χ0n) is 11.1. The summed E-state index contributed by atoms with van der Waals surface area (Å²) in [5, 5.41) is 0. The fraction of sp³-hybridized carbons (Fsp3) is 0.714. The Morgan fingerprint density at radius 3 is 2.83 bits per heavy atom. The van der Waals surface area contributed by atoms with Crippen LogP contribution >= 0.6 is 0 Å². The summed E-state index contributed by atoms with van der Waals surface area (Å²) in [7, 11) is 0. The molecule has 0 aliphatic heterocycles. The molecule has 0 atom stereocenters. The summed E-state index contributed by atoms with van der Waals surface area (Å²) >= 11 is 0. The Balaban J connectivity index is 1.88. The second kappa shape index (κ2) is 6.69. The van der Waals surface area contributed by atoms with E-state index in [1.165, 1.54) is 0 Å². The van der Waals surface area contributed by atoms with Crippen molar-refractivity contribution in [2.75, 3.05) is 0 Å². The van der Waals surface area contributed by atoms with Crippen LogP contribution in [0.15, 0.2) is 12.3 Å². The van der Waals surface area contributed by atoms with Gasteiger partial charge in [0.25, 0.3) is 0 Å². The molecule has 0 radical (unpaired) electrons. The Kier molecular flexibility index (Phi) is 4.93. The standard InChI is InChI=1S/C14H23N3O/c1-2-3-4-13-16-10-9-14(17-13)18-12-7-5-11(15)6-8-12/h9-12H,2-8,15H2,1H3. The van der Waals surface area contributed by atoms with Crippen LogP contribution in [0, 0.1) is 0 Å². The number of hydrogen-bond acceptors (Lipinski definition) is 4. The highest BCUT2D eigenvalue weighted by atomic mass is 16.5. The number of hydrogen-bond donors (Lipinski definition) is 1. The monoisotopic (exact) mass is 249 g/mol. The van der Waals surface area contributed by atoms with Crippen molar-refractivity contribution in [1.82, 2.24) is 9.97 Å². The molecule has 0 aromatic carbocycles. The van der Waals surface area contributed by atoms with E-state index < -0.39 is 0 Å². The number of ether oxygens (including phenoxy) is 1. The fourth-order valence-electron chi connectivity index (χ4n) is 2.28. The van der Waals surface area contributed by atoms with Gasteiger partial charge in [-0.05, 0) is 32.1 Å². The first-order valence-electron chi connectivity index (χ1n) is 7.02. The van der Waals surface area contributed by atoms with E-state index in [1.54, 1.807) is 6.20 Å². The van der Waals surface area contributed by atoms with Crippen molar-refractivity contribution in [3.05, 3.63) is 18.1 Å². The van der Waals surface area contributed by atoms with Gasteiger partial charge in [0.05, 0.1) is 0 Å². The molecule has 4 nitrogen and oxygen atoms in total. The van der Waals surface area contributed by atoms with E-state index in [9.17, 15) is 0 Å². The van der Waals surface area contributed by atoms with Crippen LogP contribution in [0.4, 0.5) is 0 Å². The number of aromatic nitrogens is 2. The Labute approximate surface area is 109 Å². The first-order valence-corrected chi connectivity index (χ1v) is 7.02. The molecule has 1 saturated carbocycles. The van der Waals surface area contributed by atoms with Crippen LogP contribution in [-0.4, -0.2) is 22.1 Å². The molecule has 2 N–H and O–H groups in total. The van der Waals surface area contributed by atoms with Gasteiger partial charge in [-0.2, -0.15) is 4.98 Å². The van der Waals surface area contributed by atoms with Gasteiger partial charge in [0.15, 0.2) is 0 Å². The van der Waals surface area contributed by atoms with Crippen molar-refractivity contribution in [2.45, 2.75) is 64.0 Å². The van der Waals surface area contributed by atoms with Crippen LogP contribution in [0.1, 0.15) is 51.3 Å². The maximum absolute atomic E-state index is 5.92. The highest BCUT2D eigenvalue weighted by molar-refractivity contribution is 5.09. The van der Waals surface area contributed by atoms with Crippen molar-refractivity contribution >= 4 is 0 Å². The fourth-order valence-corrected chi connectivity index (χ4v) is 2.28. The molecule has 1 aliphatic rings. The minimum Gasteiger partial charge on any atom is -0.474 e.